The second-order valence-corrected chi connectivity index (χ2v) is 6.16. The highest BCUT2D eigenvalue weighted by atomic mass is 15.1. The summed E-state index contributed by atoms with van der Waals surface area (Å²) in [5.74, 6) is 0.813. The summed E-state index contributed by atoms with van der Waals surface area (Å²) in [6, 6.07) is 1.06. The third-order valence-electron chi connectivity index (χ3n) is 4.63. The van der Waals surface area contributed by atoms with Crippen LogP contribution in [0.3, 0.4) is 0 Å². The van der Waals surface area contributed by atoms with Gasteiger partial charge in [-0.25, -0.2) is 4.98 Å². The summed E-state index contributed by atoms with van der Waals surface area (Å²) in [4.78, 5) is 4.74. The Hall–Kier alpha value is -0.830. The molecular weight excluding hydrogens is 222 g/mol. The Morgan fingerprint density at radius 2 is 2.06 bits per heavy atom. The Labute approximate surface area is 110 Å². The molecule has 2 heterocycles. The lowest BCUT2D eigenvalue weighted by atomic mass is 9.81. The van der Waals surface area contributed by atoms with Gasteiger partial charge in [0.05, 0.1) is 18.1 Å². The van der Waals surface area contributed by atoms with Crippen molar-refractivity contribution in [2.45, 2.75) is 64.5 Å². The van der Waals surface area contributed by atoms with Gasteiger partial charge in [-0.2, -0.15) is 0 Å². The normalized spacial score (nSPS) is 25.4. The molecule has 3 rings (SSSR count). The van der Waals surface area contributed by atoms with Crippen LogP contribution in [0.5, 0.6) is 0 Å². The fraction of sp³-hybridized carbons (Fsp3) is 0.800. The van der Waals surface area contributed by atoms with E-state index in [-0.39, 0.29) is 0 Å². The van der Waals surface area contributed by atoms with Gasteiger partial charge in [0, 0.05) is 24.7 Å². The summed E-state index contributed by atoms with van der Waals surface area (Å²) in [7, 11) is 0. The van der Waals surface area contributed by atoms with Crippen LogP contribution in [0.2, 0.25) is 0 Å². The summed E-state index contributed by atoms with van der Waals surface area (Å²) in [6.45, 7) is 5.62. The van der Waals surface area contributed by atoms with Gasteiger partial charge in [-0.15, -0.1) is 0 Å². The van der Waals surface area contributed by atoms with Crippen LogP contribution < -0.4 is 5.32 Å². The average molecular weight is 247 g/mol. The van der Waals surface area contributed by atoms with Gasteiger partial charge >= 0.3 is 0 Å². The summed E-state index contributed by atoms with van der Waals surface area (Å²) in [5.41, 5.74) is 2.83. The molecule has 0 saturated heterocycles. The van der Waals surface area contributed by atoms with Crippen LogP contribution in [0.1, 0.15) is 69.4 Å². The lowest BCUT2D eigenvalue weighted by molar-refractivity contribution is 0.259. The van der Waals surface area contributed by atoms with Crippen LogP contribution in [0.4, 0.5) is 0 Å². The van der Waals surface area contributed by atoms with Crippen molar-refractivity contribution in [3.05, 3.63) is 17.7 Å². The largest absolute Gasteiger partial charge is 0.332 e. The van der Waals surface area contributed by atoms with Crippen molar-refractivity contribution >= 4 is 0 Å². The van der Waals surface area contributed by atoms with Crippen molar-refractivity contribution in [2.75, 3.05) is 6.54 Å². The zero-order chi connectivity index (χ0) is 12.5. The SMILES string of the molecule is CC(C)n1cnc2c1CCNC2C1CCCCC1. The molecule has 1 N–H and O–H groups in total. The molecule has 1 unspecified atom stereocenters. The number of imidazole rings is 1. The fourth-order valence-electron chi connectivity index (χ4n) is 3.66. The van der Waals surface area contributed by atoms with E-state index in [1.165, 1.54) is 43.5 Å². The standard InChI is InChI=1S/C15H25N3/c1-11(2)18-10-17-15-13(18)8-9-16-14(15)12-6-4-3-5-7-12/h10-12,14,16H,3-9H2,1-2H3. The molecule has 3 nitrogen and oxygen atoms in total. The van der Waals surface area contributed by atoms with Crippen molar-refractivity contribution < 1.29 is 0 Å². The number of fused-ring (bicyclic) bond motifs is 1. The number of nitrogens with one attached hydrogen (secondary N) is 1. The molecule has 18 heavy (non-hydrogen) atoms. The molecule has 1 saturated carbocycles. The van der Waals surface area contributed by atoms with Gasteiger partial charge in [0.25, 0.3) is 0 Å². The van der Waals surface area contributed by atoms with Crippen molar-refractivity contribution in [3.63, 3.8) is 0 Å². The average Bonchev–Trinajstić information content (AvgIpc) is 2.83. The van der Waals surface area contributed by atoms with Crippen LogP contribution in [0.15, 0.2) is 6.33 Å². The van der Waals surface area contributed by atoms with Crippen LogP contribution in [-0.2, 0) is 6.42 Å². The maximum Gasteiger partial charge on any atom is 0.0954 e. The van der Waals surface area contributed by atoms with Crippen molar-refractivity contribution in [1.82, 2.24) is 14.9 Å². The second kappa shape index (κ2) is 5.04. The molecule has 100 valence electrons. The first kappa shape index (κ1) is 12.2. The Balaban J connectivity index is 1.87. The fourth-order valence-corrected chi connectivity index (χ4v) is 3.66. The van der Waals surface area contributed by atoms with Crippen molar-refractivity contribution in [2.24, 2.45) is 5.92 Å². The first-order chi connectivity index (χ1) is 8.77. The second-order valence-electron chi connectivity index (χ2n) is 6.16. The van der Waals surface area contributed by atoms with Crippen molar-refractivity contribution in [3.8, 4) is 0 Å². The maximum atomic E-state index is 4.74. The molecule has 1 aliphatic carbocycles. The minimum absolute atomic E-state index is 0.522. The Kier molecular flexibility index (Phi) is 3.42. The highest BCUT2D eigenvalue weighted by Crippen LogP contribution is 2.37. The van der Waals surface area contributed by atoms with Crippen LogP contribution in [-0.4, -0.2) is 16.1 Å². The lowest BCUT2D eigenvalue weighted by Gasteiger charge is -2.33. The van der Waals surface area contributed by atoms with E-state index in [0.717, 1.165) is 18.9 Å². The van der Waals surface area contributed by atoms with Crippen LogP contribution >= 0.6 is 0 Å². The summed E-state index contributed by atoms with van der Waals surface area (Å²) < 4.78 is 2.37. The van der Waals surface area contributed by atoms with E-state index in [9.17, 15) is 0 Å². The molecule has 0 spiro atoms. The molecule has 1 aliphatic heterocycles. The Bertz CT molecular complexity index is 402. The predicted molar refractivity (Wildman–Crippen MR) is 73.6 cm³/mol. The molecule has 1 atom stereocenters. The minimum Gasteiger partial charge on any atom is -0.332 e. The summed E-state index contributed by atoms with van der Waals surface area (Å²) >= 11 is 0. The van der Waals surface area contributed by atoms with Gasteiger partial charge in [0.2, 0.25) is 0 Å². The maximum absolute atomic E-state index is 4.74. The number of aromatic nitrogens is 2. The van der Waals surface area contributed by atoms with E-state index < -0.39 is 0 Å². The molecule has 1 aromatic rings. The molecule has 1 fully saturated rings. The van der Waals surface area contributed by atoms with E-state index in [0.29, 0.717) is 12.1 Å². The highest BCUT2D eigenvalue weighted by Gasteiger charge is 2.31. The van der Waals surface area contributed by atoms with Gasteiger partial charge in [0.15, 0.2) is 0 Å². The van der Waals surface area contributed by atoms with E-state index in [1.807, 2.05) is 0 Å². The minimum atomic E-state index is 0.522. The van der Waals surface area contributed by atoms with Gasteiger partial charge < -0.3 is 9.88 Å². The summed E-state index contributed by atoms with van der Waals surface area (Å²) in [5, 5.41) is 3.72. The van der Waals surface area contributed by atoms with Gasteiger partial charge in [-0.05, 0) is 32.6 Å². The first-order valence-corrected chi connectivity index (χ1v) is 7.56. The lowest BCUT2D eigenvalue weighted by Crippen LogP contribution is -2.36. The van der Waals surface area contributed by atoms with E-state index >= 15 is 0 Å². The van der Waals surface area contributed by atoms with Crippen molar-refractivity contribution in [1.29, 1.82) is 0 Å². The van der Waals surface area contributed by atoms with Crippen LogP contribution in [0.25, 0.3) is 0 Å². The van der Waals surface area contributed by atoms with E-state index in [4.69, 9.17) is 4.98 Å². The van der Waals surface area contributed by atoms with Crippen LogP contribution in [0, 0.1) is 5.92 Å². The molecule has 3 heteroatoms. The third-order valence-corrected chi connectivity index (χ3v) is 4.63. The van der Waals surface area contributed by atoms with Gasteiger partial charge in [-0.3, -0.25) is 0 Å². The Morgan fingerprint density at radius 1 is 1.28 bits per heavy atom. The molecule has 0 amide bonds. The number of hydrogen-bond donors (Lipinski definition) is 1. The monoisotopic (exact) mass is 247 g/mol. The zero-order valence-electron chi connectivity index (χ0n) is 11.7. The number of hydrogen-bond acceptors (Lipinski definition) is 2. The zero-order valence-corrected chi connectivity index (χ0v) is 11.7. The molecule has 1 aromatic heterocycles. The molecule has 2 aliphatic rings. The highest BCUT2D eigenvalue weighted by molar-refractivity contribution is 5.22. The number of nitrogens with zero attached hydrogens (tertiary/aromatic N) is 2. The van der Waals surface area contributed by atoms with Gasteiger partial charge in [-0.1, -0.05) is 19.3 Å². The molecule has 0 radical (unpaired) electrons. The summed E-state index contributed by atoms with van der Waals surface area (Å²) in [6.07, 6.45) is 10.2. The Morgan fingerprint density at radius 3 is 2.78 bits per heavy atom. The molecule has 0 bridgehead atoms. The molecular formula is C15H25N3. The van der Waals surface area contributed by atoms with E-state index in [2.05, 4.69) is 30.1 Å². The smallest absolute Gasteiger partial charge is 0.0954 e. The van der Waals surface area contributed by atoms with Gasteiger partial charge in [0.1, 0.15) is 0 Å². The van der Waals surface area contributed by atoms with E-state index in [1.54, 1.807) is 0 Å². The third kappa shape index (κ3) is 2.09. The quantitative estimate of drug-likeness (QED) is 0.869. The predicted octanol–water partition coefficient (Wildman–Crippen LogP) is 3.23. The number of rotatable bonds is 2. The topological polar surface area (TPSA) is 29.9 Å². The molecule has 0 aromatic carbocycles. The first-order valence-electron chi connectivity index (χ1n) is 7.56.